The van der Waals surface area contributed by atoms with E-state index in [9.17, 15) is 17.9 Å². The maximum atomic E-state index is 13.4. The molecule has 3 atom stereocenters. The van der Waals surface area contributed by atoms with Gasteiger partial charge in [-0.05, 0) is 55.7 Å². The summed E-state index contributed by atoms with van der Waals surface area (Å²) in [5, 5.41) is 18.0. The fraction of sp³-hybridized carbons (Fsp3) is 0.391. The van der Waals surface area contributed by atoms with Crippen molar-refractivity contribution in [2.45, 2.75) is 49.0 Å². The first-order valence-electron chi connectivity index (χ1n) is 11.0. The molecule has 9 nitrogen and oxygen atoms in total. The smallest absolute Gasteiger partial charge is 0.240 e. The number of ether oxygens (including phenoxy) is 2. The summed E-state index contributed by atoms with van der Waals surface area (Å²) in [6.07, 6.45) is 2.67. The van der Waals surface area contributed by atoms with Crippen LogP contribution in [0.2, 0.25) is 0 Å². The van der Waals surface area contributed by atoms with Crippen LogP contribution in [0.5, 0.6) is 5.75 Å². The van der Waals surface area contributed by atoms with Gasteiger partial charge in [0, 0.05) is 12.1 Å². The molecule has 1 aliphatic heterocycles. The van der Waals surface area contributed by atoms with Crippen LogP contribution in [-0.4, -0.2) is 60.5 Å². The quantitative estimate of drug-likeness (QED) is 0.473. The molecule has 0 saturated carbocycles. The third-order valence-electron chi connectivity index (χ3n) is 5.81. The molecule has 0 spiro atoms. The van der Waals surface area contributed by atoms with Gasteiger partial charge in [-0.15, -0.1) is 5.10 Å². The van der Waals surface area contributed by atoms with Crippen molar-refractivity contribution in [3.8, 4) is 17.0 Å². The third-order valence-corrected chi connectivity index (χ3v) is 7.32. The Balaban J connectivity index is 1.33. The number of nitrogens with one attached hydrogen (secondary N) is 1. The number of sulfonamides is 1. The predicted molar refractivity (Wildman–Crippen MR) is 122 cm³/mol. The van der Waals surface area contributed by atoms with E-state index in [1.165, 1.54) is 31.4 Å². The van der Waals surface area contributed by atoms with E-state index >= 15 is 0 Å². The van der Waals surface area contributed by atoms with Crippen LogP contribution in [0.4, 0.5) is 4.39 Å². The van der Waals surface area contributed by atoms with Crippen molar-refractivity contribution < 1.29 is 27.4 Å². The second-order valence-corrected chi connectivity index (χ2v) is 9.84. The van der Waals surface area contributed by atoms with Crippen LogP contribution in [0.15, 0.2) is 59.6 Å². The average Bonchev–Trinajstić information content (AvgIpc) is 3.32. The van der Waals surface area contributed by atoms with Gasteiger partial charge in [-0.2, -0.15) is 0 Å². The van der Waals surface area contributed by atoms with Gasteiger partial charge in [0.15, 0.2) is 0 Å². The molecule has 182 valence electrons. The number of rotatable bonds is 9. The molecule has 1 aliphatic rings. The minimum Gasteiger partial charge on any atom is -0.497 e. The Morgan fingerprint density at radius 1 is 1.24 bits per heavy atom. The van der Waals surface area contributed by atoms with E-state index in [1.807, 2.05) is 0 Å². The number of aromatic nitrogens is 3. The van der Waals surface area contributed by atoms with E-state index in [1.54, 1.807) is 35.1 Å². The number of aliphatic hydroxyl groups is 1. The first kappa shape index (κ1) is 24.3. The van der Waals surface area contributed by atoms with Crippen LogP contribution in [0.25, 0.3) is 11.3 Å². The Morgan fingerprint density at radius 3 is 2.74 bits per heavy atom. The number of aliphatic hydroxyl groups excluding tert-OH is 1. The zero-order valence-electron chi connectivity index (χ0n) is 18.7. The summed E-state index contributed by atoms with van der Waals surface area (Å²) in [6.45, 7) is 0.215. The molecule has 0 amide bonds. The summed E-state index contributed by atoms with van der Waals surface area (Å²) in [5.74, 6) is 0.223. The van der Waals surface area contributed by atoms with Crippen molar-refractivity contribution >= 4 is 10.0 Å². The fourth-order valence-corrected chi connectivity index (χ4v) is 5.26. The fourth-order valence-electron chi connectivity index (χ4n) is 3.97. The van der Waals surface area contributed by atoms with Crippen LogP contribution in [-0.2, 0) is 21.3 Å². The van der Waals surface area contributed by atoms with Gasteiger partial charge in [0.25, 0.3) is 0 Å². The summed E-state index contributed by atoms with van der Waals surface area (Å²) >= 11 is 0. The molecule has 2 heterocycles. The summed E-state index contributed by atoms with van der Waals surface area (Å²) in [5.41, 5.74) is 1.22. The zero-order valence-corrected chi connectivity index (χ0v) is 19.5. The normalized spacial score (nSPS) is 20.9. The van der Waals surface area contributed by atoms with E-state index in [2.05, 4.69) is 15.0 Å². The highest BCUT2D eigenvalue weighted by molar-refractivity contribution is 7.89. The van der Waals surface area contributed by atoms with E-state index in [0.29, 0.717) is 42.8 Å². The summed E-state index contributed by atoms with van der Waals surface area (Å²) in [4.78, 5) is 0.118. The van der Waals surface area contributed by atoms with Gasteiger partial charge in [0.05, 0.1) is 43.1 Å². The van der Waals surface area contributed by atoms with Gasteiger partial charge in [-0.3, -0.25) is 4.68 Å². The van der Waals surface area contributed by atoms with Crippen molar-refractivity contribution in [3.05, 3.63) is 60.5 Å². The molecule has 2 aromatic carbocycles. The first-order chi connectivity index (χ1) is 16.4. The van der Waals surface area contributed by atoms with Crippen LogP contribution < -0.4 is 9.46 Å². The maximum absolute atomic E-state index is 13.4. The molecule has 0 bridgehead atoms. The van der Waals surface area contributed by atoms with Crippen molar-refractivity contribution in [2.75, 3.05) is 13.7 Å². The molecular formula is C23H27FN4O5S. The van der Waals surface area contributed by atoms with Gasteiger partial charge in [-0.1, -0.05) is 17.3 Å². The third kappa shape index (κ3) is 5.79. The predicted octanol–water partition coefficient (Wildman–Crippen LogP) is 2.37. The highest BCUT2D eigenvalue weighted by Crippen LogP contribution is 2.25. The molecule has 0 aliphatic carbocycles. The molecule has 1 saturated heterocycles. The van der Waals surface area contributed by atoms with Gasteiger partial charge >= 0.3 is 0 Å². The van der Waals surface area contributed by atoms with Gasteiger partial charge in [0.1, 0.15) is 17.3 Å². The van der Waals surface area contributed by atoms with Crippen LogP contribution in [0, 0.1) is 5.82 Å². The van der Waals surface area contributed by atoms with Crippen LogP contribution >= 0.6 is 0 Å². The maximum Gasteiger partial charge on any atom is 0.240 e. The molecular weight excluding hydrogens is 463 g/mol. The van der Waals surface area contributed by atoms with Crippen LogP contribution in [0.1, 0.15) is 19.3 Å². The minimum absolute atomic E-state index is 0.118. The van der Waals surface area contributed by atoms with Gasteiger partial charge in [-0.25, -0.2) is 17.5 Å². The molecule has 3 aromatic rings. The number of hydrogen-bond acceptors (Lipinski definition) is 7. The van der Waals surface area contributed by atoms with E-state index < -0.39 is 22.2 Å². The van der Waals surface area contributed by atoms with E-state index in [4.69, 9.17) is 9.47 Å². The number of aryl methyl sites for hydroxylation is 1. The van der Waals surface area contributed by atoms with Crippen molar-refractivity contribution in [2.24, 2.45) is 0 Å². The van der Waals surface area contributed by atoms with E-state index in [0.717, 1.165) is 0 Å². The van der Waals surface area contributed by atoms with Crippen LogP contribution in [0.3, 0.4) is 0 Å². The lowest BCUT2D eigenvalue weighted by Gasteiger charge is -2.36. The molecule has 0 unspecified atom stereocenters. The Hall–Kier alpha value is -2.86. The highest BCUT2D eigenvalue weighted by atomic mass is 32.2. The lowest BCUT2D eigenvalue weighted by Crippen LogP contribution is -2.50. The van der Waals surface area contributed by atoms with Gasteiger partial charge < -0.3 is 14.6 Å². The molecule has 1 aromatic heterocycles. The average molecular weight is 491 g/mol. The summed E-state index contributed by atoms with van der Waals surface area (Å²) < 4.78 is 54.3. The zero-order chi connectivity index (χ0) is 24.1. The lowest BCUT2D eigenvalue weighted by atomic mass is 9.98. The second kappa shape index (κ2) is 10.6. The number of nitrogens with zero attached hydrogens (tertiary/aromatic N) is 3. The van der Waals surface area contributed by atoms with Crippen molar-refractivity contribution in [1.82, 2.24) is 19.7 Å². The standard InChI is InChI=1S/C23H27FN4O5S/c1-32-18-5-8-20(9-6-18)34(30,31)26-21-10-7-19(33-23(21)15-29)11-12-28-14-22(25-27-28)16-3-2-4-17(24)13-16/h2-6,8-9,13-14,19,21,23,26,29H,7,10-12,15H2,1H3/t19-,21-,23-/m0/s1. The largest absolute Gasteiger partial charge is 0.497 e. The number of hydrogen-bond donors (Lipinski definition) is 2. The molecule has 4 rings (SSSR count). The Labute approximate surface area is 197 Å². The number of halogens is 1. The van der Waals surface area contributed by atoms with Gasteiger partial charge in [0.2, 0.25) is 10.0 Å². The Kier molecular flexibility index (Phi) is 7.57. The minimum atomic E-state index is -3.77. The van der Waals surface area contributed by atoms with E-state index in [-0.39, 0.29) is 23.4 Å². The monoisotopic (exact) mass is 490 g/mol. The topological polar surface area (TPSA) is 116 Å². The Bertz CT molecular complexity index is 1200. The highest BCUT2D eigenvalue weighted by Gasteiger charge is 2.34. The first-order valence-corrected chi connectivity index (χ1v) is 12.4. The molecule has 34 heavy (non-hydrogen) atoms. The molecule has 11 heteroatoms. The lowest BCUT2D eigenvalue weighted by molar-refractivity contribution is -0.0891. The number of benzene rings is 2. The molecule has 1 fully saturated rings. The number of methoxy groups -OCH3 is 1. The molecule has 0 radical (unpaired) electrons. The summed E-state index contributed by atoms with van der Waals surface area (Å²) in [7, 11) is -2.26. The molecule has 2 N–H and O–H groups in total. The van der Waals surface area contributed by atoms with Crippen molar-refractivity contribution in [3.63, 3.8) is 0 Å². The Morgan fingerprint density at radius 2 is 2.03 bits per heavy atom. The van der Waals surface area contributed by atoms with Crippen molar-refractivity contribution in [1.29, 1.82) is 0 Å². The summed E-state index contributed by atoms with van der Waals surface area (Å²) in [6, 6.07) is 11.7. The second-order valence-electron chi connectivity index (χ2n) is 8.13. The SMILES string of the molecule is COc1ccc(S(=O)(=O)N[C@H]2CC[C@@H](CCn3cc(-c4cccc(F)c4)nn3)O[C@H]2CO)cc1.